The first-order valence-corrected chi connectivity index (χ1v) is 10.4. The predicted molar refractivity (Wildman–Crippen MR) is 105 cm³/mol. The summed E-state index contributed by atoms with van der Waals surface area (Å²) in [6.07, 6.45) is 5.26. The second-order valence-electron chi connectivity index (χ2n) is 8.85. The maximum Gasteiger partial charge on any atom is 0.253 e. The fraction of sp³-hybridized carbons (Fsp3) is 0.682. The van der Waals surface area contributed by atoms with E-state index in [1.54, 1.807) is 0 Å². The molecule has 27 heavy (non-hydrogen) atoms. The van der Waals surface area contributed by atoms with Crippen molar-refractivity contribution in [3.63, 3.8) is 0 Å². The van der Waals surface area contributed by atoms with Crippen molar-refractivity contribution in [3.8, 4) is 0 Å². The third kappa shape index (κ3) is 4.36. The normalized spacial score (nSPS) is 28.6. The molecule has 3 saturated heterocycles. The molecule has 148 valence electrons. The molecular formula is C22H32N2O3. The molecule has 0 radical (unpaired) electrons. The number of amides is 1. The van der Waals surface area contributed by atoms with E-state index in [1.165, 1.54) is 5.56 Å². The van der Waals surface area contributed by atoms with Crippen LogP contribution in [0.3, 0.4) is 0 Å². The lowest BCUT2D eigenvalue weighted by molar-refractivity contribution is 0.0227. The molecule has 1 amide bonds. The first-order valence-electron chi connectivity index (χ1n) is 10.4. The van der Waals surface area contributed by atoms with Crippen LogP contribution in [0.2, 0.25) is 0 Å². The van der Waals surface area contributed by atoms with Gasteiger partial charge in [0.05, 0.1) is 18.8 Å². The molecule has 2 atom stereocenters. The van der Waals surface area contributed by atoms with Crippen molar-refractivity contribution < 1.29 is 14.6 Å². The molecule has 1 N–H and O–H groups in total. The van der Waals surface area contributed by atoms with Crippen LogP contribution in [0, 0.1) is 12.3 Å². The third-order valence-electron chi connectivity index (χ3n) is 6.64. The van der Waals surface area contributed by atoms with Crippen LogP contribution in [-0.2, 0) is 4.74 Å². The average molecular weight is 373 g/mol. The number of carbonyl (C=O) groups is 1. The van der Waals surface area contributed by atoms with Gasteiger partial charge in [-0.15, -0.1) is 0 Å². The summed E-state index contributed by atoms with van der Waals surface area (Å²) < 4.78 is 6.15. The van der Waals surface area contributed by atoms with Crippen molar-refractivity contribution in [3.05, 3.63) is 35.4 Å². The number of nitrogens with zero attached hydrogens (tertiary/aromatic N) is 2. The number of hydrogen-bond acceptors (Lipinski definition) is 4. The minimum Gasteiger partial charge on any atom is -0.392 e. The van der Waals surface area contributed by atoms with Gasteiger partial charge in [-0.05, 0) is 63.1 Å². The Kier molecular flexibility index (Phi) is 5.53. The average Bonchev–Trinajstić information content (AvgIpc) is 3.04. The van der Waals surface area contributed by atoms with Gasteiger partial charge in [-0.3, -0.25) is 9.69 Å². The Balaban J connectivity index is 1.28. The van der Waals surface area contributed by atoms with Gasteiger partial charge in [0.2, 0.25) is 0 Å². The van der Waals surface area contributed by atoms with Gasteiger partial charge in [-0.2, -0.15) is 0 Å². The molecule has 0 bridgehead atoms. The van der Waals surface area contributed by atoms with Gasteiger partial charge in [0.1, 0.15) is 0 Å². The Morgan fingerprint density at radius 1 is 1.22 bits per heavy atom. The summed E-state index contributed by atoms with van der Waals surface area (Å²) >= 11 is 0. The number of benzene rings is 1. The highest BCUT2D eigenvalue weighted by molar-refractivity contribution is 5.94. The smallest absolute Gasteiger partial charge is 0.253 e. The van der Waals surface area contributed by atoms with Crippen molar-refractivity contribution in [2.75, 3.05) is 39.3 Å². The van der Waals surface area contributed by atoms with Crippen LogP contribution in [0.25, 0.3) is 0 Å². The monoisotopic (exact) mass is 372 g/mol. The number of aliphatic hydroxyl groups excluding tert-OH is 1. The van der Waals surface area contributed by atoms with Crippen LogP contribution in [-0.4, -0.2) is 72.4 Å². The molecule has 0 aliphatic carbocycles. The maximum atomic E-state index is 12.7. The van der Waals surface area contributed by atoms with Gasteiger partial charge < -0.3 is 14.7 Å². The van der Waals surface area contributed by atoms with E-state index in [0.717, 1.165) is 77.0 Å². The summed E-state index contributed by atoms with van der Waals surface area (Å²) in [4.78, 5) is 17.1. The van der Waals surface area contributed by atoms with Crippen LogP contribution in [0.15, 0.2) is 24.3 Å². The molecule has 5 heteroatoms. The lowest BCUT2D eigenvalue weighted by Gasteiger charge is -2.38. The number of likely N-dealkylation sites (tertiary alicyclic amines) is 2. The largest absolute Gasteiger partial charge is 0.392 e. The Morgan fingerprint density at radius 3 is 2.67 bits per heavy atom. The summed E-state index contributed by atoms with van der Waals surface area (Å²) in [6, 6.07) is 7.88. The molecule has 3 heterocycles. The fourth-order valence-electron chi connectivity index (χ4n) is 4.91. The molecular weight excluding hydrogens is 340 g/mol. The molecule has 3 aliphatic rings. The molecule has 4 rings (SSSR count). The van der Waals surface area contributed by atoms with E-state index in [4.69, 9.17) is 4.74 Å². The second kappa shape index (κ2) is 7.90. The van der Waals surface area contributed by atoms with Crippen LogP contribution in [0.1, 0.15) is 48.0 Å². The highest BCUT2D eigenvalue weighted by Crippen LogP contribution is 2.42. The van der Waals surface area contributed by atoms with E-state index in [0.29, 0.717) is 0 Å². The minimum atomic E-state index is -0.176. The number of hydrogen-bond donors (Lipinski definition) is 1. The number of ether oxygens (including phenoxy) is 1. The minimum absolute atomic E-state index is 0.155. The van der Waals surface area contributed by atoms with Crippen LogP contribution in [0.4, 0.5) is 0 Å². The first-order chi connectivity index (χ1) is 13.0. The standard InChI is InChI=1S/C22H32N2O3/c1-17-4-6-18(7-5-17)21(26)24-11-8-22(9-12-24)13-20(27-16-22)15-23-10-2-3-19(25)14-23/h4-7,19-20,25H,2-3,8-16H2,1H3/t19-,20+/m0/s1. The van der Waals surface area contributed by atoms with Gasteiger partial charge in [-0.1, -0.05) is 17.7 Å². The summed E-state index contributed by atoms with van der Waals surface area (Å²) in [5, 5.41) is 9.87. The van der Waals surface area contributed by atoms with Crippen molar-refractivity contribution in [2.24, 2.45) is 5.41 Å². The predicted octanol–water partition coefficient (Wildman–Crippen LogP) is 2.46. The molecule has 1 aromatic carbocycles. The van der Waals surface area contributed by atoms with Gasteiger partial charge in [0.25, 0.3) is 5.91 Å². The number of carbonyl (C=O) groups excluding carboxylic acids is 1. The molecule has 1 aromatic rings. The summed E-state index contributed by atoms with van der Waals surface area (Å²) in [6.45, 7) is 7.30. The van der Waals surface area contributed by atoms with Crippen LogP contribution < -0.4 is 0 Å². The molecule has 3 fully saturated rings. The van der Waals surface area contributed by atoms with E-state index in [9.17, 15) is 9.90 Å². The van der Waals surface area contributed by atoms with E-state index in [2.05, 4.69) is 4.90 Å². The number of aliphatic hydroxyl groups is 1. The van der Waals surface area contributed by atoms with Crippen molar-refractivity contribution in [1.82, 2.24) is 9.80 Å². The highest BCUT2D eigenvalue weighted by atomic mass is 16.5. The lowest BCUT2D eigenvalue weighted by atomic mass is 9.76. The topological polar surface area (TPSA) is 53.0 Å². The number of piperidine rings is 2. The molecule has 3 aliphatic heterocycles. The van der Waals surface area contributed by atoms with E-state index in [1.807, 2.05) is 36.1 Å². The Labute approximate surface area is 162 Å². The summed E-state index contributed by atoms with van der Waals surface area (Å²) in [7, 11) is 0. The number of aryl methyl sites for hydroxylation is 1. The lowest BCUT2D eigenvalue weighted by Crippen LogP contribution is -2.44. The Bertz CT molecular complexity index is 652. The zero-order valence-corrected chi connectivity index (χ0v) is 16.4. The van der Waals surface area contributed by atoms with Crippen molar-refractivity contribution >= 4 is 5.91 Å². The number of β-amino-alcohol motifs (C(OH)–C–C–N with tert-alkyl or cyclic N) is 1. The van der Waals surface area contributed by atoms with Gasteiger partial charge in [0.15, 0.2) is 0 Å². The fourth-order valence-corrected chi connectivity index (χ4v) is 4.91. The zero-order valence-electron chi connectivity index (χ0n) is 16.4. The molecule has 0 aromatic heterocycles. The maximum absolute atomic E-state index is 12.7. The molecule has 5 nitrogen and oxygen atoms in total. The van der Waals surface area contributed by atoms with Gasteiger partial charge in [0, 0.05) is 31.7 Å². The van der Waals surface area contributed by atoms with E-state index >= 15 is 0 Å². The van der Waals surface area contributed by atoms with Crippen LogP contribution >= 0.6 is 0 Å². The van der Waals surface area contributed by atoms with E-state index in [-0.39, 0.29) is 23.5 Å². The Morgan fingerprint density at radius 2 is 1.96 bits per heavy atom. The van der Waals surface area contributed by atoms with E-state index < -0.39 is 0 Å². The quantitative estimate of drug-likeness (QED) is 0.886. The van der Waals surface area contributed by atoms with Crippen molar-refractivity contribution in [1.29, 1.82) is 0 Å². The summed E-state index contributed by atoms with van der Waals surface area (Å²) in [5.41, 5.74) is 2.21. The van der Waals surface area contributed by atoms with Crippen LogP contribution in [0.5, 0.6) is 0 Å². The summed E-state index contributed by atoms with van der Waals surface area (Å²) in [5.74, 6) is 0.155. The molecule has 0 saturated carbocycles. The second-order valence-corrected chi connectivity index (χ2v) is 8.85. The van der Waals surface area contributed by atoms with Gasteiger partial charge >= 0.3 is 0 Å². The van der Waals surface area contributed by atoms with Gasteiger partial charge in [-0.25, -0.2) is 0 Å². The van der Waals surface area contributed by atoms with Crippen molar-refractivity contribution in [2.45, 2.75) is 51.2 Å². The molecule has 0 unspecified atom stereocenters. The third-order valence-corrected chi connectivity index (χ3v) is 6.64. The highest BCUT2D eigenvalue weighted by Gasteiger charge is 2.43. The molecule has 1 spiro atoms. The Hall–Kier alpha value is -1.43. The zero-order chi connectivity index (χ0) is 18.9. The number of rotatable bonds is 3. The SMILES string of the molecule is Cc1ccc(C(=O)N2CCC3(CC2)CO[C@@H](CN2CCC[C@H](O)C2)C3)cc1. The first kappa shape index (κ1) is 18.9.